The van der Waals surface area contributed by atoms with Crippen LogP contribution in [0.15, 0.2) is 0 Å². The van der Waals surface area contributed by atoms with Crippen molar-refractivity contribution in [2.24, 2.45) is 11.7 Å². The zero-order valence-corrected chi connectivity index (χ0v) is 11.4. The smallest absolute Gasteiger partial charge is 0.237 e. The zero-order valence-electron chi connectivity index (χ0n) is 11.4. The largest absolute Gasteiger partial charge is 0.379 e. The van der Waals surface area contributed by atoms with E-state index < -0.39 is 5.54 Å². The van der Waals surface area contributed by atoms with Gasteiger partial charge < -0.3 is 15.8 Å². The molecule has 1 unspecified atom stereocenters. The number of carbonyl (C=O) groups is 1. The van der Waals surface area contributed by atoms with Gasteiger partial charge in [0.25, 0.3) is 0 Å². The summed E-state index contributed by atoms with van der Waals surface area (Å²) in [5.74, 6) is 0.141. The van der Waals surface area contributed by atoms with Crippen LogP contribution in [0.25, 0.3) is 0 Å². The predicted molar refractivity (Wildman–Crippen MR) is 66.1 cm³/mol. The van der Waals surface area contributed by atoms with Gasteiger partial charge in [-0.25, -0.2) is 0 Å². The molecule has 1 amide bonds. The standard InChI is InChI=1S/C12H26N2O2/c1-9(2)7-14-12(5,10(13)15)8-11(3,4)16-6/h9,14H,7-8H2,1-6H3,(H2,13,15). The first-order valence-electron chi connectivity index (χ1n) is 5.73. The van der Waals surface area contributed by atoms with E-state index >= 15 is 0 Å². The first kappa shape index (κ1) is 15.4. The van der Waals surface area contributed by atoms with Crippen molar-refractivity contribution in [3.05, 3.63) is 0 Å². The van der Waals surface area contributed by atoms with E-state index in [1.807, 2.05) is 20.8 Å². The highest BCUT2D eigenvalue weighted by molar-refractivity contribution is 5.84. The minimum absolute atomic E-state index is 0.335. The lowest BCUT2D eigenvalue weighted by Crippen LogP contribution is -2.57. The molecule has 0 rings (SSSR count). The van der Waals surface area contributed by atoms with Crippen LogP contribution in [-0.2, 0) is 9.53 Å². The number of hydrogen-bond acceptors (Lipinski definition) is 3. The number of nitrogens with two attached hydrogens (primary N) is 1. The fourth-order valence-electron chi connectivity index (χ4n) is 1.59. The van der Waals surface area contributed by atoms with E-state index in [9.17, 15) is 4.79 Å². The first-order chi connectivity index (χ1) is 7.13. The van der Waals surface area contributed by atoms with Crippen molar-refractivity contribution in [2.75, 3.05) is 13.7 Å². The fraction of sp³-hybridized carbons (Fsp3) is 0.917. The lowest BCUT2D eigenvalue weighted by atomic mass is 9.86. The monoisotopic (exact) mass is 230 g/mol. The maximum absolute atomic E-state index is 11.5. The van der Waals surface area contributed by atoms with Crippen molar-refractivity contribution >= 4 is 5.91 Å². The molecule has 0 aromatic rings. The van der Waals surface area contributed by atoms with Crippen LogP contribution in [0, 0.1) is 5.92 Å². The molecule has 0 aliphatic rings. The number of carbonyl (C=O) groups excluding carboxylic acids is 1. The van der Waals surface area contributed by atoms with E-state index in [2.05, 4.69) is 19.2 Å². The summed E-state index contributed by atoms with van der Waals surface area (Å²) in [6, 6.07) is 0. The van der Waals surface area contributed by atoms with Crippen LogP contribution in [0.2, 0.25) is 0 Å². The molecule has 4 nitrogen and oxygen atoms in total. The van der Waals surface area contributed by atoms with Gasteiger partial charge in [-0.1, -0.05) is 13.8 Å². The molecule has 0 aromatic heterocycles. The van der Waals surface area contributed by atoms with Crippen molar-refractivity contribution in [2.45, 2.75) is 52.2 Å². The summed E-state index contributed by atoms with van der Waals surface area (Å²) >= 11 is 0. The molecule has 0 spiro atoms. The Labute approximate surface area is 98.9 Å². The van der Waals surface area contributed by atoms with Gasteiger partial charge in [-0.05, 0) is 33.2 Å². The Morgan fingerprint density at radius 1 is 1.38 bits per heavy atom. The molecule has 1 atom stereocenters. The second-order valence-corrected chi connectivity index (χ2v) is 5.61. The highest BCUT2D eigenvalue weighted by Gasteiger charge is 2.37. The zero-order chi connectivity index (χ0) is 13.0. The maximum atomic E-state index is 11.5. The molecule has 0 heterocycles. The Bertz CT molecular complexity index is 239. The molecule has 0 saturated carbocycles. The van der Waals surface area contributed by atoms with Gasteiger partial charge in [0.05, 0.1) is 11.1 Å². The molecule has 3 N–H and O–H groups in total. The second kappa shape index (κ2) is 5.64. The van der Waals surface area contributed by atoms with Crippen molar-refractivity contribution < 1.29 is 9.53 Å². The van der Waals surface area contributed by atoms with Crippen molar-refractivity contribution in [3.63, 3.8) is 0 Å². The van der Waals surface area contributed by atoms with Gasteiger partial charge >= 0.3 is 0 Å². The topological polar surface area (TPSA) is 64.3 Å². The van der Waals surface area contributed by atoms with Crippen LogP contribution in [0.1, 0.15) is 41.0 Å². The molecule has 16 heavy (non-hydrogen) atoms. The summed E-state index contributed by atoms with van der Waals surface area (Å²) < 4.78 is 5.34. The van der Waals surface area contributed by atoms with E-state index in [1.165, 1.54) is 0 Å². The predicted octanol–water partition coefficient (Wildman–Crippen LogP) is 1.29. The minimum atomic E-state index is -0.718. The molecular formula is C12H26N2O2. The third-order valence-electron chi connectivity index (χ3n) is 2.78. The van der Waals surface area contributed by atoms with Crippen molar-refractivity contribution in [1.82, 2.24) is 5.32 Å². The summed E-state index contributed by atoms with van der Waals surface area (Å²) in [6.07, 6.45) is 0.554. The van der Waals surface area contributed by atoms with Crippen molar-refractivity contribution in [3.8, 4) is 0 Å². The third kappa shape index (κ3) is 4.94. The minimum Gasteiger partial charge on any atom is -0.379 e. The van der Waals surface area contributed by atoms with Crippen LogP contribution in [0.5, 0.6) is 0 Å². The molecule has 96 valence electrons. The molecule has 0 radical (unpaired) electrons. The third-order valence-corrected chi connectivity index (χ3v) is 2.78. The van der Waals surface area contributed by atoms with E-state index in [-0.39, 0.29) is 11.5 Å². The summed E-state index contributed by atoms with van der Waals surface area (Å²) in [4.78, 5) is 11.5. The average molecular weight is 230 g/mol. The first-order valence-corrected chi connectivity index (χ1v) is 5.73. The molecule has 0 fully saturated rings. The van der Waals surface area contributed by atoms with Crippen LogP contribution in [0.4, 0.5) is 0 Å². The summed E-state index contributed by atoms with van der Waals surface area (Å²) in [5, 5.41) is 3.23. The fourth-order valence-corrected chi connectivity index (χ4v) is 1.59. The van der Waals surface area contributed by atoms with Crippen molar-refractivity contribution in [1.29, 1.82) is 0 Å². The van der Waals surface area contributed by atoms with E-state index in [4.69, 9.17) is 10.5 Å². The van der Waals surface area contributed by atoms with Crippen LogP contribution >= 0.6 is 0 Å². The van der Waals surface area contributed by atoms with Gasteiger partial charge in [-0.3, -0.25) is 4.79 Å². The Morgan fingerprint density at radius 2 is 1.88 bits per heavy atom. The summed E-state index contributed by atoms with van der Waals surface area (Å²) in [6.45, 7) is 10.7. The lowest BCUT2D eigenvalue weighted by molar-refractivity contribution is -0.127. The lowest BCUT2D eigenvalue weighted by Gasteiger charge is -2.35. The van der Waals surface area contributed by atoms with Gasteiger partial charge in [-0.2, -0.15) is 0 Å². The number of amides is 1. The van der Waals surface area contributed by atoms with Gasteiger partial charge in [0, 0.05) is 13.5 Å². The van der Waals surface area contributed by atoms with Gasteiger partial charge in [0.2, 0.25) is 5.91 Å². The SMILES string of the molecule is COC(C)(C)CC(C)(NCC(C)C)C(N)=O. The Kier molecular flexibility index (Phi) is 5.42. The number of methoxy groups -OCH3 is 1. The quantitative estimate of drug-likeness (QED) is 0.692. The maximum Gasteiger partial charge on any atom is 0.237 e. The van der Waals surface area contributed by atoms with Gasteiger partial charge in [-0.15, -0.1) is 0 Å². The number of ether oxygens (including phenoxy) is 1. The normalized spacial score (nSPS) is 16.2. The molecule has 0 aromatic carbocycles. The van der Waals surface area contributed by atoms with E-state index in [0.29, 0.717) is 12.3 Å². The van der Waals surface area contributed by atoms with E-state index in [1.54, 1.807) is 7.11 Å². The number of nitrogens with one attached hydrogen (secondary N) is 1. The number of rotatable bonds is 7. The highest BCUT2D eigenvalue weighted by Crippen LogP contribution is 2.23. The van der Waals surface area contributed by atoms with Crippen LogP contribution < -0.4 is 11.1 Å². The molecule has 0 bridgehead atoms. The molecule has 4 heteroatoms. The number of primary amides is 1. The van der Waals surface area contributed by atoms with Gasteiger partial charge in [0.15, 0.2) is 0 Å². The Hall–Kier alpha value is -0.610. The average Bonchev–Trinajstić information content (AvgIpc) is 2.14. The van der Waals surface area contributed by atoms with E-state index in [0.717, 1.165) is 6.54 Å². The Balaban J connectivity index is 4.64. The van der Waals surface area contributed by atoms with Gasteiger partial charge in [0.1, 0.15) is 0 Å². The Morgan fingerprint density at radius 3 is 2.19 bits per heavy atom. The van der Waals surface area contributed by atoms with Crippen LogP contribution in [0.3, 0.4) is 0 Å². The highest BCUT2D eigenvalue weighted by atomic mass is 16.5. The molecular weight excluding hydrogens is 204 g/mol. The second-order valence-electron chi connectivity index (χ2n) is 5.61. The molecule has 0 aliphatic heterocycles. The number of hydrogen-bond donors (Lipinski definition) is 2. The molecule has 0 saturated heterocycles. The summed E-state index contributed by atoms with van der Waals surface area (Å²) in [7, 11) is 1.64. The summed E-state index contributed by atoms with van der Waals surface area (Å²) in [5.41, 5.74) is 4.38. The molecule has 0 aliphatic carbocycles. The van der Waals surface area contributed by atoms with Crippen LogP contribution in [-0.4, -0.2) is 30.7 Å².